The van der Waals surface area contributed by atoms with Gasteiger partial charge in [-0.15, -0.1) is 12.4 Å². The summed E-state index contributed by atoms with van der Waals surface area (Å²) in [6.07, 6.45) is 3.23. The molecule has 7 nitrogen and oxygen atoms in total. The van der Waals surface area contributed by atoms with Crippen molar-refractivity contribution in [3.05, 3.63) is 27.9 Å². The van der Waals surface area contributed by atoms with Gasteiger partial charge in [0.15, 0.2) is 5.69 Å². The normalized spacial score (nSPS) is 24.9. The van der Waals surface area contributed by atoms with Gasteiger partial charge in [-0.1, -0.05) is 0 Å². The van der Waals surface area contributed by atoms with Crippen LogP contribution in [0.3, 0.4) is 0 Å². The minimum atomic E-state index is -0.525. The van der Waals surface area contributed by atoms with Gasteiger partial charge in [-0.05, 0) is 30.3 Å². The van der Waals surface area contributed by atoms with E-state index in [9.17, 15) is 14.9 Å². The van der Waals surface area contributed by atoms with Crippen LogP contribution < -0.4 is 5.32 Å². The van der Waals surface area contributed by atoms with Gasteiger partial charge in [0.25, 0.3) is 5.91 Å². The fourth-order valence-corrected chi connectivity index (χ4v) is 2.91. The molecule has 1 amide bonds. The van der Waals surface area contributed by atoms with Gasteiger partial charge in [0.1, 0.15) is 0 Å². The second-order valence-corrected chi connectivity index (χ2v) is 5.19. The molecule has 2 unspecified atom stereocenters. The average molecular weight is 301 g/mol. The highest BCUT2D eigenvalue weighted by Crippen LogP contribution is 2.22. The highest BCUT2D eigenvalue weighted by molar-refractivity contribution is 5.93. The van der Waals surface area contributed by atoms with E-state index in [0.717, 1.165) is 12.8 Å². The summed E-state index contributed by atoms with van der Waals surface area (Å²) in [4.78, 5) is 26.7. The van der Waals surface area contributed by atoms with Gasteiger partial charge >= 0.3 is 5.82 Å². The Hall–Kier alpha value is -1.60. The van der Waals surface area contributed by atoms with Crippen molar-refractivity contribution in [3.63, 3.8) is 0 Å². The van der Waals surface area contributed by atoms with Gasteiger partial charge in [0, 0.05) is 31.2 Å². The molecular weight excluding hydrogens is 284 g/mol. The Kier molecular flexibility index (Phi) is 4.29. The highest BCUT2D eigenvalue weighted by Gasteiger charge is 2.32. The number of fused-ring (bicyclic) bond motifs is 2. The summed E-state index contributed by atoms with van der Waals surface area (Å²) in [5.41, 5.74) is 0.296. The standard InChI is InChI=1S/C12H16N4O3.ClH/c17-12(10-3-4-11(14-10)16(18)19)15-6-5-8-1-2-9(7-15)13-8;/h3-4,8-9,13-14H,1-2,5-7H2;1H. The van der Waals surface area contributed by atoms with E-state index in [1.807, 2.05) is 0 Å². The van der Waals surface area contributed by atoms with Crippen molar-refractivity contribution in [2.45, 2.75) is 31.3 Å². The van der Waals surface area contributed by atoms with E-state index in [1.54, 1.807) is 4.90 Å². The molecule has 2 bridgehead atoms. The second-order valence-electron chi connectivity index (χ2n) is 5.19. The first kappa shape index (κ1) is 14.8. The van der Waals surface area contributed by atoms with Gasteiger partial charge in [-0.3, -0.25) is 4.79 Å². The molecule has 3 rings (SSSR count). The third-order valence-corrected chi connectivity index (χ3v) is 3.91. The predicted octanol–water partition coefficient (Wildman–Crippen LogP) is 1.31. The van der Waals surface area contributed by atoms with E-state index in [-0.39, 0.29) is 24.1 Å². The minimum absolute atomic E-state index is 0. The first-order chi connectivity index (χ1) is 9.13. The van der Waals surface area contributed by atoms with Gasteiger partial charge < -0.3 is 20.3 Å². The van der Waals surface area contributed by atoms with Crippen molar-refractivity contribution in [2.24, 2.45) is 0 Å². The Morgan fingerprint density at radius 1 is 1.30 bits per heavy atom. The fourth-order valence-electron chi connectivity index (χ4n) is 2.91. The summed E-state index contributed by atoms with van der Waals surface area (Å²) in [7, 11) is 0. The maximum atomic E-state index is 12.3. The zero-order valence-electron chi connectivity index (χ0n) is 10.9. The third kappa shape index (κ3) is 2.78. The smallest absolute Gasteiger partial charge is 0.321 e. The predicted molar refractivity (Wildman–Crippen MR) is 75.2 cm³/mol. The number of hydrogen-bond donors (Lipinski definition) is 2. The number of nitrogens with one attached hydrogen (secondary N) is 2. The molecule has 2 saturated heterocycles. The first-order valence-corrected chi connectivity index (χ1v) is 6.52. The van der Waals surface area contributed by atoms with E-state index < -0.39 is 4.92 Å². The summed E-state index contributed by atoms with van der Waals surface area (Å²) in [5.74, 6) is -0.291. The number of likely N-dealkylation sites (tertiary alicyclic amines) is 1. The van der Waals surface area contributed by atoms with Crippen molar-refractivity contribution in [1.29, 1.82) is 0 Å². The number of carbonyl (C=O) groups excluding carboxylic acids is 1. The lowest BCUT2D eigenvalue weighted by molar-refractivity contribution is -0.389. The van der Waals surface area contributed by atoms with Crippen LogP contribution in [0.2, 0.25) is 0 Å². The Balaban J connectivity index is 0.00000147. The Morgan fingerprint density at radius 2 is 2.05 bits per heavy atom. The lowest BCUT2D eigenvalue weighted by Crippen LogP contribution is -2.39. The maximum absolute atomic E-state index is 12.3. The molecule has 110 valence electrons. The van der Waals surface area contributed by atoms with Crippen LogP contribution in [0.4, 0.5) is 5.82 Å². The van der Waals surface area contributed by atoms with Crippen molar-refractivity contribution in [3.8, 4) is 0 Å². The molecule has 1 aromatic rings. The number of H-pyrrole nitrogens is 1. The van der Waals surface area contributed by atoms with Crippen LogP contribution in [0, 0.1) is 10.1 Å². The van der Waals surface area contributed by atoms with E-state index in [2.05, 4.69) is 10.3 Å². The molecule has 0 saturated carbocycles. The van der Waals surface area contributed by atoms with Crippen LogP contribution in [0.15, 0.2) is 12.1 Å². The van der Waals surface area contributed by atoms with E-state index in [1.165, 1.54) is 18.6 Å². The molecule has 2 N–H and O–H groups in total. The van der Waals surface area contributed by atoms with Gasteiger partial charge in [-0.2, -0.15) is 0 Å². The zero-order chi connectivity index (χ0) is 13.4. The molecule has 2 aliphatic rings. The van der Waals surface area contributed by atoms with Gasteiger partial charge in [0.2, 0.25) is 0 Å². The van der Waals surface area contributed by atoms with Gasteiger partial charge in [-0.25, -0.2) is 4.98 Å². The molecule has 2 fully saturated rings. The molecule has 2 atom stereocenters. The molecule has 8 heteroatoms. The second kappa shape index (κ2) is 5.80. The highest BCUT2D eigenvalue weighted by atomic mass is 35.5. The van der Waals surface area contributed by atoms with Crippen LogP contribution in [0.5, 0.6) is 0 Å². The fraction of sp³-hybridized carbons (Fsp3) is 0.583. The average Bonchev–Trinajstić information content (AvgIpc) is 2.95. The lowest BCUT2D eigenvalue weighted by atomic mass is 10.1. The molecule has 0 aliphatic carbocycles. The van der Waals surface area contributed by atoms with Crippen LogP contribution in [-0.2, 0) is 0 Å². The SMILES string of the molecule is Cl.O=C(c1ccc([N+](=O)[O-])[nH]1)N1CCC2CCC(C1)N2. The Labute approximate surface area is 122 Å². The monoisotopic (exact) mass is 300 g/mol. The summed E-state index contributed by atoms with van der Waals surface area (Å²) < 4.78 is 0. The molecule has 0 radical (unpaired) electrons. The maximum Gasteiger partial charge on any atom is 0.321 e. The number of rotatable bonds is 2. The van der Waals surface area contributed by atoms with Crippen LogP contribution in [0.25, 0.3) is 0 Å². The number of aromatic amines is 1. The van der Waals surface area contributed by atoms with Crippen molar-refractivity contribution < 1.29 is 9.72 Å². The Bertz CT molecular complexity index is 519. The quantitative estimate of drug-likeness (QED) is 0.636. The Morgan fingerprint density at radius 3 is 2.75 bits per heavy atom. The van der Waals surface area contributed by atoms with Crippen molar-refractivity contribution in [1.82, 2.24) is 15.2 Å². The third-order valence-electron chi connectivity index (χ3n) is 3.91. The van der Waals surface area contributed by atoms with Gasteiger partial charge in [0.05, 0.1) is 0 Å². The molecule has 20 heavy (non-hydrogen) atoms. The number of nitro groups is 1. The summed E-state index contributed by atoms with van der Waals surface area (Å²) in [6.45, 7) is 1.39. The van der Waals surface area contributed by atoms with E-state index >= 15 is 0 Å². The first-order valence-electron chi connectivity index (χ1n) is 6.52. The van der Waals surface area contributed by atoms with Crippen molar-refractivity contribution >= 4 is 24.1 Å². The largest absolute Gasteiger partial charge is 0.358 e. The number of amides is 1. The van der Waals surface area contributed by atoms with Crippen molar-refractivity contribution in [2.75, 3.05) is 13.1 Å². The minimum Gasteiger partial charge on any atom is -0.358 e. The number of halogens is 1. The molecule has 1 aromatic heterocycles. The summed E-state index contributed by atoms with van der Waals surface area (Å²) in [5, 5.41) is 14.1. The molecule has 3 heterocycles. The molecule has 0 spiro atoms. The van der Waals surface area contributed by atoms with E-state index in [0.29, 0.717) is 30.9 Å². The molecular formula is C12H17ClN4O3. The zero-order valence-corrected chi connectivity index (χ0v) is 11.7. The molecule has 2 aliphatic heterocycles. The topological polar surface area (TPSA) is 91.3 Å². The number of aromatic nitrogens is 1. The summed E-state index contributed by atoms with van der Waals surface area (Å²) in [6, 6.07) is 3.69. The number of carbonyl (C=O) groups is 1. The summed E-state index contributed by atoms with van der Waals surface area (Å²) >= 11 is 0. The number of nitrogens with zero attached hydrogens (tertiary/aromatic N) is 2. The molecule has 0 aromatic carbocycles. The lowest BCUT2D eigenvalue weighted by Gasteiger charge is -2.22. The van der Waals surface area contributed by atoms with Crippen LogP contribution in [-0.4, -0.2) is 45.9 Å². The van der Waals surface area contributed by atoms with Crippen LogP contribution >= 0.6 is 12.4 Å². The van der Waals surface area contributed by atoms with Crippen LogP contribution in [0.1, 0.15) is 29.8 Å². The number of hydrogen-bond acceptors (Lipinski definition) is 4. The van der Waals surface area contributed by atoms with E-state index in [4.69, 9.17) is 0 Å².